The maximum atomic E-state index is 11.4. The van der Waals surface area contributed by atoms with E-state index in [1.165, 1.54) is 0 Å². The Bertz CT molecular complexity index is 324. The molecule has 0 aromatic heterocycles. The van der Waals surface area contributed by atoms with Crippen LogP contribution in [0.25, 0.3) is 0 Å². The van der Waals surface area contributed by atoms with Gasteiger partial charge in [0.25, 0.3) is 5.79 Å². The third-order valence-electron chi connectivity index (χ3n) is 3.17. The summed E-state index contributed by atoms with van der Waals surface area (Å²) >= 11 is 0. The fourth-order valence-electron chi connectivity index (χ4n) is 2.08. The van der Waals surface area contributed by atoms with Crippen molar-refractivity contribution in [2.24, 2.45) is 5.92 Å². The third-order valence-corrected chi connectivity index (χ3v) is 3.17. The van der Waals surface area contributed by atoms with Crippen molar-refractivity contribution < 1.29 is 19.1 Å². The summed E-state index contributed by atoms with van der Waals surface area (Å²) in [6, 6.07) is 0. The summed E-state index contributed by atoms with van der Waals surface area (Å²) in [5, 5.41) is 0. The molecule has 0 bridgehead atoms. The number of carbonyl (C=O) groups is 2. The smallest absolute Gasteiger partial charge is 0.333 e. The Kier molecular flexibility index (Phi) is 8.61. The van der Waals surface area contributed by atoms with Crippen molar-refractivity contribution in [3.8, 4) is 0 Å². The number of rotatable bonds is 10. The highest BCUT2D eigenvalue weighted by Crippen LogP contribution is 2.28. The molecule has 4 heteroatoms. The molecule has 0 amide bonds. The third kappa shape index (κ3) is 7.12. The van der Waals surface area contributed by atoms with Gasteiger partial charge in [-0.25, -0.2) is 9.59 Å². The average molecular weight is 282 g/mol. The van der Waals surface area contributed by atoms with E-state index in [0.717, 1.165) is 37.8 Å². The maximum Gasteiger partial charge on any atom is 0.333 e. The summed E-state index contributed by atoms with van der Waals surface area (Å²) in [6.07, 6.45) is 6.75. The van der Waals surface area contributed by atoms with Crippen molar-refractivity contribution in [1.82, 2.24) is 0 Å². The summed E-state index contributed by atoms with van der Waals surface area (Å²) in [5.74, 6) is -2.15. The van der Waals surface area contributed by atoms with Crippen LogP contribution in [0.3, 0.4) is 0 Å². The Hall–Kier alpha value is -1.58. The standard InChI is InChI=1S/C16H26O4/c1-6-10-11-13(7-2)12-16(5,19-14(17)8-3)20-15(18)9-4/h8-9,13H,3-4,6-7,10-12H2,1-2,5H3. The van der Waals surface area contributed by atoms with Crippen molar-refractivity contribution >= 4 is 11.9 Å². The Balaban J connectivity index is 4.88. The highest BCUT2D eigenvalue weighted by atomic mass is 16.7. The van der Waals surface area contributed by atoms with Gasteiger partial charge in [-0.3, -0.25) is 0 Å². The first-order valence-corrected chi connectivity index (χ1v) is 7.11. The van der Waals surface area contributed by atoms with Crippen LogP contribution in [0.2, 0.25) is 0 Å². The summed E-state index contributed by atoms with van der Waals surface area (Å²) in [7, 11) is 0. The molecule has 0 fully saturated rings. The number of esters is 2. The lowest BCUT2D eigenvalue weighted by atomic mass is 9.92. The van der Waals surface area contributed by atoms with E-state index >= 15 is 0 Å². The second-order valence-electron chi connectivity index (χ2n) is 5.00. The lowest BCUT2D eigenvalue weighted by Crippen LogP contribution is -2.38. The minimum atomic E-state index is -1.27. The van der Waals surface area contributed by atoms with E-state index in [4.69, 9.17) is 9.47 Å². The summed E-state index contributed by atoms with van der Waals surface area (Å²) < 4.78 is 10.4. The van der Waals surface area contributed by atoms with Gasteiger partial charge in [0.15, 0.2) is 0 Å². The number of hydrogen-bond acceptors (Lipinski definition) is 4. The van der Waals surface area contributed by atoms with Crippen LogP contribution in [-0.2, 0) is 19.1 Å². The minimum Gasteiger partial charge on any atom is -0.420 e. The molecule has 0 aliphatic carbocycles. The zero-order chi connectivity index (χ0) is 15.6. The first-order chi connectivity index (χ1) is 9.40. The second-order valence-corrected chi connectivity index (χ2v) is 5.00. The topological polar surface area (TPSA) is 52.6 Å². The van der Waals surface area contributed by atoms with E-state index in [9.17, 15) is 9.59 Å². The zero-order valence-corrected chi connectivity index (χ0v) is 12.8. The molecule has 0 saturated heterocycles. The van der Waals surface area contributed by atoms with Gasteiger partial charge in [0, 0.05) is 25.5 Å². The molecule has 0 aromatic carbocycles. The van der Waals surface area contributed by atoms with E-state index in [0.29, 0.717) is 12.3 Å². The molecule has 0 aliphatic rings. The predicted octanol–water partition coefficient (Wildman–Crippen LogP) is 3.77. The monoisotopic (exact) mass is 282 g/mol. The Morgan fingerprint density at radius 2 is 1.65 bits per heavy atom. The number of ether oxygens (including phenoxy) is 2. The Morgan fingerprint density at radius 3 is 2.00 bits per heavy atom. The quantitative estimate of drug-likeness (QED) is 0.348. The highest BCUT2D eigenvalue weighted by molar-refractivity contribution is 5.83. The molecule has 0 spiro atoms. The van der Waals surface area contributed by atoms with Crippen molar-refractivity contribution in [2.75, 3.05) is 0 Å². The van der Waals surface area contributed by atoms with Crippen molar-refractivity contribution in [3.05, 3.63) is 25.3 Å². The largest absolute Gasteiger partial charge is 0.420 e. The normalized spacial score (nSPS) is 12.3. The van der Waals surface area contributed by atoms with E-state index in [-0.39, 0.29) is 0 Å². The SMILES string of the molecule is C=CC(=O)OC(C)(CC(CC)CCCC)OC(=O)C=C. The second kappa shape index (κ2) is 9.34. The fourth-order valence-corrected chi connectivity index (χ4v) is 2.08. The first-order valence-electron chi connectivity index (χ1n) is 7.11. The van der Waals surface area contributed by atoms with Crippen molar-refractivity contribution in [3.63, 3.8) is 0 Å². The Morgan fingerprint density at radius 1 is 1.15 bits per heavy atom. The van der Waals surface area contributed by atoms with E-state index in [2.05, 4.69) is 27.0 Å². The molecule has 0 radical (unpaired) electrons. The van der Waals surface area contributed by atoms with Crippen LogP contribution in [0.15, 0.2) is 25.3 Å². The van der Waals surface area contributed by atoms with Crippen LogP contribution in [0.4, 0.5) is 0 Å². The van der Waals surface area contributed by atoms with E-state index < -0.39 is 17.7 Å². The molecule has 0 rings (SSSR count). The lowest BCUT2D eigenvalue weighted by Gasteiger charge is -2.31. The zero-order valence-electron chi connectivity index (χ0n) is 12.8. The molecule has 0 heterocycles. The number of carbonyl (C=O) groups excluding carboxylic acids is 2. The van der Waals surface area contributed by atoms with Crippen LogP contribution in [0, 0.1) is 5.92 Å². The molecule has 0 aliphatic heterocycles. The van der Waals surface area contributed by atoms with E-state index in [1.807, 2.05) is 0 Å². The molecule has 0 aromatic rings. The van der Waals surface area contributed by atoms with Crippen LogP contribution in [-0.4, -0.2) is 17.7 Å². The van der Waals surface area contributed by atoms with Crippen LogP contribution in [0.5, 0.6) is 0 Å². The molecule has 1 unspecified atom stereocenters. The van der Waals surface area contributed by atoms with Gasteiger partial charge in [-0.2, -0.15) is 0 Å². The molecule has 4 nitrogen and oxygen atoms in total. The van der Waals surface area contributed by atoms with Crippen LogP contribution < -0.4 is 0 Å². The molecular weight excluding hydrogens is 256 g/mol. The fraction of sp³-hybridized carbons (Fsp3) is 0.625. The van der Waals surface area contributed by atoms with Gasteiger partial charge in [0.05, 0.1) is 0 Å². The predicted molar refractivity (Wildman–Crippen MR) is 78.9 cm³/mol. The van der Waals surface area contributed by atoms with Gasteiger partial charge in [-0.1, -0.05) is 52.7 Å². The highest BCUT2D eigenvalue weighted by Gasteiger charge is 2.34. The lowest BCUT2D eigenvalue weighted by molar-refractivity contribution is -0.221. The van der Waals surface area contributed by atoms with Gasteiger partial charge < -0.3 is 9.47 Å². The molecule has 1 atom stereocenters. The summed E-state index contributed by atoms with van der Waals surface area (Å²) in [5.41, 5.74) is 0. The number of unbranched alkanes of at least 4 members (excludes halogenated alkanes) is 1. The summed E-state index contributed by atoms with van der Waals surface area (Å²) in [4.78, 5) is 22.8. The van der Waals surface area contributed by atoms with Crippen LogP contribution >= 0.6 is 0 Å². The molecular formula is C16H26O4. The molecule has 20 heavy (non-hydrogen) atoms. The first kappa shape index (κ1) is 18.4. The van der Waals surface area contributed by atoms with Gasteiger partial charge in [-0.15, -0.1) is 0 Å². The van der Waals surface area contributed by atoms with Gasteiger partial charge in [0.1, 0.15) is 0 Å². The average Bonchev–Trinajstić information content (AvgIpc) is 2.42. The Labute approximate surface area is 121 Å². The van der Waals surface area contributed by atoms with Crippen molar-refractivity contribution in [1.29, 1.82) is 0 Å². The van der Waals surface area contributed by atoms with Gasteiger partial charge >= 0.3 is 11.9 Å². The number of hydrogen-bond donors (Lipinski definition) is 0. The maximum absolute atomic E-state index is 11.4. The van der Waals surface area contributed by atoms with Gasteiger partial charge in [0.2, 0.25) is 0 Å². The van der Waals surface area contributed by atoms with Gasteiger partial charge in [-0.05, 0) is 5.92 Å². The molecule has 114 valence electrons. The summed E-state index contributed by atoms with van der Waals surface area (Å²) in [6.45, 7) is 12.5. The van der Waals surface area contributed by atoms with Crippen molar-refractivity contribution in [2.45, 2.75) is 58.7 Å². The van der Waals surface area contributed by atoms with Crippen LogP contribution in [0.1, 0.15) is 52.9 Å². The molecule has 0 saturated carbocycles. The minimum absolute atomic E-state index is 0.329. The van der Waals surface area contributed by atoms with E-state index in [1.54, 1.807) is 6.92 Å². The molecule has 0 N–H and O–H groups in total.